The van der Waals surface area contributed by atoms with Crippen molar-refractivity contribution in [2.24, 2.45) is 5.92 Å². The molecule has 0 amide bonds. The van der Waals surface area contributed by atoms with Crippen molar-refractivity contribution >= 4 is 16.8 Å². The molecule has 17 heavy (non-hydrogen) atoms. The van der Waals surface area contributed by atoms with Crippen LogP contribution in [0.4, 0.5) is 0 Å². The maximum Gasteiger partial charge on any atom is 0.351 e. The smallest absolute Gasteiger partial charge is 0.351 e. The van der Waals surface area contributed by atoms with E-state index in [1.165, 1.54) is 0 Å². The number of hydrogen-bond acceptors (Lipinski definition) is 4. The summed E-state index contributed by atoms with van der Waals surface area (Å²) in [4.78, 5) is 23.7. The molecule has 86 valence electrons. The van der Waals surface area contributed by atoms with Crippen molar-refractivity contribution in [1.82, 2.24) is 0 Å². The van der Waals surface area contributed by atoms with E-state index in [4.69, 9.17) is 9.15 Å². The Bertz CT molecular complexity index is 669. The van der Waals surface area contributed by atoms with Gasteiger partial charge in [0.05, 0.1) is 17.9 Å². The minimum atomic E-state index is -0.616. The van der Waals surface area contributed by atoms with Crippen LogP contribution >= 0.6 is 0 Å². The van der Waals surface area contributed by atoms with Gasteiger partial charge in [-0.05, 0) is 12.1 Å². The van der Waals surface area contributed by atoms with Crippen LogP contribution in [0.5, 0.6) is 5.75 Å². The second-order valence-corrected chi connectivity index (χ2v) is 4.17. The average Bonchev–Trinajstić information content (AvgIpc) is 2.33. The number of fused-ring (bicyclic) bond motifs is 3. The Balaban J connectivity index is 2.43. The van der Waals surface area contributed by atoms with Crippen molar-refractivity contribution in [3.63, 3.8) is 0 Å². The molecule has 0 saturated heterocycles. The van der Waals surface area contributed by atoms with Gasteiger partial charge in [-0.3, -0.25) is 4.79 Å². The number of ether oxygens (including phenoxy) is 1. The van der Waals surface area contributed by atoms with Gasteiger partial charge >= 0.3 is 5.63 Å². The van der Waals surface area contributed by atoms with Crippen LogP contribution in [0.1, 0.15) is 17.3 Å². The maximum absolute atomic E-state index is 11.9. The van der Waals surface area contributed by atoms with Crippen LogP contribution in [0.2, 0.25) is 0 Å². The molecule has 1 unspecified atom stereocenters. The van der Waals surface area contributed by atoms with Crippen LogP contribution < -0.4 is 10.4 Å². The molecule has 2 heterocycles. The van der Waals surface area contributed by atoms with Crippen molar-refractivity contribution in [1.29, 1.82) is 0 Å². The van der Waals surface area contributed by atoms with Crippen molar-refractivity contribution in [2.45, 2.75) is 6.92 Å². The number of para-hydroxylation sites is 1. The summed E-state index contributed by atoms with van der Waals surface area (Å²) >= 11 is 0. The standard InChI is InChI=1S/C13H10O4/c1-7-6-16-12-8-4-2-3-5-9(8)17-13(15)10(12)11(7)14/h2-5,7H,6H2,1H3. The van der Waals surface area contributed by atoms with Gasteiger partial charge in [-0.15, -0.1) is 0 Å². The second kappa shape index (κ2) is 3.45. The molecule has 0 saturated carbocycles. The van der Waals surface area contributed by atoms with E-state index < -0.39 is 5.63 Å². The molecular weight excluding hydrogens is 220 g/mol. The first-order chi connectivity index (χ1) is 8.18. The summed E-state index contributed by atoms with van der Waals surface area (Å²) < 4.78 is 10.6. The fourth-order valence-electron chi connectivity index (χ4n) is 2.01. The van der Waals surface area contributed by atoms with E-state index >= 15 is 0 Å². The Labute approximate surface area is 96.8 Å². The van der Waals surface area contributed by atoms with Crippen molar-refractivity contribution in [3.05, 3.63) is 40.2 Å². The zero-order valence-corrected chi connectivity index (χ0v) is 9.23. The fraction of sp³-hybridized carbons (Fsp3) is 0.231. The third-order valence-corrected chi connectivity index (χ3v) is 2.94. The lowest BCUT2D eigenvalue weighted by molar-refractivity contribution is 0.0844. The van der Waals surface area contributed by atoms with Crippen LogP contribution in [-0.2, 0) is 0 Å². The summed E-state index contributed by atoms with van der Waals surface area (Å²) in [6, 6.07) is 7.04. The number of Topliss-reactive ketones (excluding diaryl/α,β-unsaturated/α-hetero) is 1. The van der Waals surface area contributed by atoms with E-state index in [-0.39, 0.29) is 17.3 Å². The maximum atomic E-state index is 11.9. The molecule has 2 aromatic rings. The molecular formula is C13H10O4. The van der Waals surface area contributed by atoms with Crippen LogP contribution in [0.3, 0.4) is 0 Å². The number of benzene rings is 1. The summed E-state index contributed by atoms with van der Waals surface area (Å²) in [7, 11) is 0. The average molecular weight is 230 g/mol. The van der Waals surface area contributed by atoms with E-state index in [0.29, 0.717) is 23.3 Å². The number of rotatable bonds is 0. The largest absolute Gasteiger partial charge is 0.491 e. The molecule has 1 aromatic heterocycles. The van der Waals surface area contributed by atoms with E-state index in [0.717, 1.165) is 0 Å². The summed E-state index contributed by atoms with van der Waals surface area (Å²) in [6.45, 7) is 2.04. The highest BCUT2D eigenvalue weighted by Crippen LogP contribution is 2.32. The van der Waals surface area contributed by atoms with Crippen LogP contribution in [0.15, 0.2) is 33.5 Å². The first kappa shape index (κ1) is 10.1. The molecule has 0 radical (unpaired) electrons. The van der Waals surface area contributed by atoms with Gasteiger partial charge in [0.2, 0.25) is 0 Å². The highest BCUT2D eigenvalue weighted by atomic mass is 16.5. The monoisotopic (exact) mass is 230 g/mol. The van der Waals surface area contributed by atoms with Gasteiger partial charge in [-0.25, -0.2) is 4.79 Å². The lowest BCUT2D eigenvalue weighted by atomic mass is 9.97. The lowest BCUT2D eigenvalue weighted by Gasteiger charge is -2.21. The molecule has 0 aliphatic carbocycles. The molecule has 1 atom stereocenters. The highest BCUT2D eigenvalue weighted by Gasteiger charge is 2.31. The number of hydrogen-bond donors (Lipinski definition) is 0. The summed E-state index contributed by atoms with van der Waals surface area (Å²) in [5.74, 6) is -0.141. The van der Waals surface area contributed by atoms with E-state index in [2.05, 4.69) is 0 Å². The van der Waals surface area contributed by atoms with Gasteiger partial charge in [0.25, 0.3) is 0 Å². The molecule has 3 rings (SSSR count). The molecule has 1 aliphatic heterocycles. The quantitative estimate of drug-likeness (QED) is 0.649. The summed E-state index contributed by atoms with van der Waals surface area (Å²) in [6.07, 6.45) is 0. The zero-order chi connectivity index (χ0) is 12.0. The third kappa shape index (κ3) is 1.37. The SMILES string of the molecule is CC1COc2c(c(=O)oc3ccccc23)C1=O. The Kier molecular flexibility index (Phi) is 2.04. The first-order valence-corrected chi connectivity index (χ1v) is 5.41. The van der Waals surface area contributed by atoms with Gasteiger partial charge in [0, 0.05) is 0 Å². The molecule has 4 heteroatoms. The van der Waals surface area contributed by atoms with E-state index in [9.17, 15) is 9.59 Å². The van der Waals surface area contributed by atoms with Gasteiger partial charge in [-0.2, -0.15) is 0 Å². The topological polar surface area (TPSA) is 56.5 Å². The molecule has 0 fully saturated rings. The molecule has 1 aromatic carbocycles. The Hall–Kier alpha value is -2.10. The lowest BCUT2D eigenvalue weighted by Crippen LogP contribution is -2.30. The van der Waals surface area contributed by atoms with Crippen molar-refractivity contribution in [3.8, 4) is 5.75 Å². The minimum absolute atomic E-state index is 0.0439. The van der Waals surface area contributed by atoms with Crippen molar-refractivity contribution in [2.75, 3.05) is 6.61 Å². The minimum Gasteiger partial charge on any atom is -0.491 e. The Morgan fingerprint density at radius 2 is 2.00 bits per heavy atom. The van der Waals surface area contributed by atoms with Gasteiger partial charge in [0.1, 0.15) is 16.9 Å². The second-order valence-electron chi connectivity index (χ2n) is 4.17. The predicted octanol–water partition coefficient (Wildman–Crippen LogP) is 2.00. The molecule has 0 N–H and O–H groups in total. The molecule has 4 nitrogen and oxygen atoms in total. The van der Waals surface area contributed by atoms with Crippen LogP contribution in [-0.4, -0.2) is 12.4 Å². The Morgan fingerprint density at radius 3 is 2.82 bits per heavy atom. The number of ketones is 1. The summed E-state index contributed by atoms with van der Waals surface area (Å²) in [5.41, 5.74) is -0.128. The zero-order valence-electron chi connectivity index (χ0n) is 9.23. The summed E-state index contributed by atoms with van der Waals surface area (Å²) in [5, 5.41) is 0.669. The third-order valence-electron chi connectivity index (χ3n) is 2.94. The van der Waals surface area contributed by atoms with E-state index in [1.807, 2.05) is 6.07 Å². The van der Waals surface area contributed by atoms with Gasteiger partial charge in [0.15, 0.2) is 5.78 Å². The van der Waals surface area contributed by atoms with Gasteiger partial charge in [-0.1, -0.05) is 19.1 Å². The predicted molar refractivity (Wildman–Crippen MR) is 61.5 cm³/mol. The highest BCUT2D eigenvalue weighted by molar-refractivity contribution is 6.04. The molecule has 0 spiro atoms. The molecule has 1 aliphatic rings. The molecule has 0 bridgehead atoms. The Morgan fingerprint density at radius 1 is 1.24 bits per heavy atom. The first-order valence-electron chi connectivity index (χ1n) is 5.41. The van der Waals surface area contributed by atoms with Crippen LogP contribution in [0.25, 0.3) is 11.0 Å². The number of carbonyl (C=O) groups excluding carboxylic acids is 1. The van der Waals surface area contributed by atoms with Crippen molar-refractivity contribution < 1.29 is 13.9 Å². The normalized spacial score (nSPS) is 18.9. The number of carbonyl (C=O) groups is 1. The van der Waals surface area contributed by atoms with Gasteiger partial charge < -0.3 is 9.15 Å². The fourth-order valence-corrected chi connectivity index (χ4v) is 2.01. The van der Waals surface area contributed by atoms with Crippen LogP contribution in [0, 0.1) is 5.92 Å². The van der Waals surface area contributed by atoms with E-state index in [1.54, 1.807) is 25.1 Å².